The molecule has 0 aliphatic rings. The number of unbranched alkanes of at least 4 members (excludes halogenated alkanes) is 1. The highest BCUT2D eigenvalue weighted by molar-refractivity contribution is 5.91. The SMILES string of the molecule is CCCCN(C)C(=O)c1cnc(Nc2ccc(N(CC)CC)cc2)cn1. The molecule has 0 saturated heterocycles. The second-order valence-electron chi connectivity index (χ2n) is 6.21. The summed E-state index contributed by atoms with van der Waals surface area (Å²) < 4.78 is 0. The summed E-state index contributed by atoms with van der Waals surface area (Å²) >= 11 is 0. The minimum atomic E-state index is -0.0962. The van der Waals surface area contributed by atoms with Crippen LogP contribution >= 0.6 is 0 Å². The summed E-state index contributed by atoms with van der Waals surface area (Å²) in [7, 11) is 1.79. The molecule has 0 unspecified atom stereocenters. The van der Waals surface area contributed by atoms with Crippen LogP contribution in [0.2, 0.25) is 0 Å². The van der Waals surface area contributed by atoms with Crippen molar-refractivity contribution in [3.63, 3.8) is 0 Å². The summed E-state index contributed by atoms with van der Waals surface area (Å²) in [6.07, 6.45) is 5.16. The maximum atomic E-state index is 12.3. The first kappa shape index (κ1) is 19.7. The van der Waals surface area contributed by atoms with Crippen LogP contribution in [-0.2, 0) is 0 Å². The average Bonchev–Trinajstić information content (AvgIpc) is 2.68. The lowest BCUT2D eigenvalue weighted by Gasteiger charge is -2.21. The predicted molar refractivity (Wildman–Crippen MR) is 107 cm³/mol. The summed E-state index contributed by atoms with van der Waals surface area (Å²) in [5, 5.41) is 3.22. The Balaban J connectivity index is 1.99. The van der Waals surface area contributed by atoms with Crippen molar-refractivity contribution < 1.29 is 4.79 Å². The van der Waals surface area contributed by atoms with Gasteiger partial charge in [-0.2, -0.15) is 0 Å². The molecule has 1 aromatic heterocycles. The standard InChI is InChI=1S/C20H29N5O/c1-5-8-13-24(4)20(26)18-14-22-19(15-21-18)23-16-9-11-17(12-10-16)25(6-2)7-3/h9-12,14-15H,5-8,13H2,1-4H3,(H,22,23). The van der Waals surface area contributed by atoms with Gasteiger partial charge in [0.05, 0.1) is 12.4 Å². The molecule has 2 rings (SSSR count). The number of benzene rings is 1. The van der Waals surface area contributed by atoms with Gasteiger partial charge in [0.25, 0.3) is 5.91 Å². The van der Waals surface area contributed by atoms with E-state index in [0.29, 0.717) is 11.5 Å². The first-order valence-electron chi connectivity index (χ1n) is 9.28. The van der Waals surface area contributed by atoms with Crippen molar-refractivity contribution in [3.8, 4) is 0 Å². The van der Waals surface area contributed by atoms with Crippen LogP contribution < -0.4 is 10.2 Å². The molecule has 0 radical (unpaired) electrons. The van der Waals surface area contributed by atoms with Crippen LogP contribution in [-0.4, -0.2) is 47.5 Å². The number of amides is 1. The van der Waals surface area contributed by atoms with E-state index in [1.54, 1.807) is 18.1 Å². The summed E-state index contributed by atoms with van der Waals surface area (Å²) in [6.45, 7) is 9.10. The quantitative estimate of drug-likeness (QED) is 0.738. The van der Waals surface area contributed by atoms with Crippen molar-refractivity contribution in [2.75, 3.05) is 36.9 Å². The van der Waals surface area contributed by atoms with Crippen molar-refractivity contribution in [2.45, 2.75) is 33.6 Å². The summed E-state index contributed by atoms with van der Waals surface area (Å²) in [6, 6.07) is 8.21. The van der Waals surface area contributed by atoms with Crippen molar-refractivity contribution in [2.24, 2.45) is 0 Å². The molecule has 0 aliphatic heterocycles. The molecule has 0 aliphatic carbocycles. The molecule has 0 saturated carbocycles. The fourth-order valence-corrected chi connectivity index (χ4v) is 2.69. The summed E-state index contributed by atoms with van der Waals surface area (Å²) in [5.41, 5.74) is 2.50. The monoisotopic (exact) mass is 355 g/mol. The fraction of sp³-hybridized carbons (Fsp3) is 0.450. The molecule has 140 valence electrons. The molecule has 0 spiro atoms. The first-order chi connectivity index (χ1) is 12.6. The number of anilines is 3. The van der Waals surface area contributed by atoms with Crippen LogP contribution in [0, 0.1) is 0 Å². The maximum Gasteiger partial charge on any atom is 0.273 e. The van der Waals surface area contributed by atoms with Crippen LogP contribution in [0.3, 0.4) is 0 Å². The fourth-order valence-electron chi connectivity index (χ4n) is 2.69. The molecule has 0 atom stereocenters. The molecular formula is C20H29N5O. The van der Waals surface area contributed by atoms with Gasteiger partial charge in [0, 0.05) is 38.1 Å². The van der Waals surface area contributed by atoms with Crippen LogP contribution in [0.4, 0.5) is 17.2 Å². The Morgan fingerprint density at radius 3 is 2.27 bits per heavy atom. The lowest BCUT2D eigenvalue weighted by atomic mass is 10.2. The Hall–Kier alpha value is -2.63. The third kappa shape index (κ3) is 5.18. The molecule has 2 aromatic rings. The topological polar surface area (TPSA) is 61.4 Å². The molecule has 1 heterocycles. The molecule has 6 heteroatoms. The average molecular weight is 355 g/mol. The molecular weight excluding hydrogens is 326 g/mol. The van der Waals surface area contributed by atoms with E-state index >= 15 is 0 Å². The van der Waals surface area contributed by atoms with E-state index in [0.717, 1.165) is 38.2 Å². The zero-order valence-corrected chi connectivity index (χ0v) is 16.2. The smallest absolute Gasteiger partial charge is 0.273 e. The van der Waals surface area contributed by atoms with Crippen LogP contribution in [0.1, 0.15) is 44.1 Å². The van der Waals surface area contributed by atoms with Gasteiger partial charge >= 0.3 is 0 Å². The van der Waals surface area contributed by atoms with Gasteiger partial charge in [-0.1, -0.05) is 13.3 Å². The van der Waals surface area contributed by atoms with E-state index in [9.17, 15) is 4.79 Å². The molecule has 0 fully saturated rings. The molecule has 0 bridgehead atoms. The second kappa shape index (κ2) is 9.75. The van der Waals surface area contributed by atoms with E-state index in [-0.39, 0.29) is 5.91 Å². The lowest BCUT2D eigenvalue weighted by molar-refractivity contribution is 0.0787. The Morgan fingerprint density at radius 1 is 1.04 bits per heavy atom. The summed E-state index contributed by atoms with van der Waals surface area (Å²) in [5.74, 6) is 0.523. The predicted octanol–water partition coefficient (Wildman–Crippen LogP) is 3.94. The molecule has 1 aromatic carbocycles. The Labute approximate surface area is 156 Å². The third-order valence-corrected chi connectivity index (χ3v) is 4.33. The molecule has 1 N–H and O–H groups in total. The van der Waals surface area contributed by atoms with E-state index in [1.807, 2.05) is 12.1 Å². The number of hydrogen-bond donors (Lipinski definition) is 1. The van der Waals surface area contributed by atoms with E-state index in [4.69, 9.17) is 0 Å². The third-order valence-electron chi connectivity index (χ3n) is 4.33. The van der Waals surface area contributed by atoms with Crippen molar-refractivity contribution in [1.29, 1.82) is 0 Å². The van der Waals surface area contributed by atoms with Gasteiger partial charge in [-0.05, 0) is 44.5 Å². The van der Waals surface area contributed by atoms with Gasteiger partial charge in [-0.3, -0.25) is 4.79 Å². The van der Waals surface area contributed by atoms with Crippen LogP contribution in [0.25, 0.3) is 0 Å². The lowest BCUT2D eigenvalue weighted by Crippen LogP contribution is -2.28. The summed E-state index contributed by atoms with van der Waals surface area (Å²) in [4.78, 5) is 24.8. The normalized spacial score (nSPS) is 10.5. The largest absolute Gasteiger partial charge is 0.372 e. The first-order valence-corrected chi connectivity index (χ1v) is 9.28. The van der Waals surface area contributed by atoms with E-state index in [2.05, 4.69) is 53.1 Å². The van der Waals surface area contributed by atoms with Gasteiger partial charge in [0.15, 0.2) is 0 Å². The molecule has 1 amide bonds. The molecule has 26 heavy (non-hydrogen) atoms. The van der Waals surface area contributed by atoms with Gasteiger partial charge in [0.2, 0.25) is 0 Å². The molecule has 6 nitrogen and oxygen atoms in total. The number of rotatable bonds is 9. The van der Waals surface area contributed by atoms with Gasteiger partial charge in [0.1, 0.15) is 11.5 Å². The maximum absolute atomic E-state index is 12.3. The number of carbonyl (C=O) groups is 1. The highest BCUT2D eigenvalue weighted by Gasteiger charge is 2.13. The number of carbonyl (C=O) groups excluding carboxylic acids is 1. The Morgan fingerprint density at radius 2 is 1.73 bits per heavy atom. The van der Waals surface area contributed by atoms with Crippen molar-refractivity contribution in [1.82, 2.24) is 14.9 Å². The second-order valence-corrected chi connectivity index (χ2v) is 6.21. The van der Waals surface area contributed by atoms with Gasteiger partial charge in [-0.15, -0.1) is 0 Å². The van der Waals surface area contributed by atoms with Crippen molar-refractivity contribution >= 4 is 23.1 Å². The number of nitrogens with one attached hydrogen (secondary N) is 1. The number of hydrogen-bond acceptors (Lipinski definition) is 5. The number of nitrogens with zero attached hydrogens (tertiary/aromatic N) is 4. The zero-order chi connectivity index (χ0) is 18.9. The van der Waals surface area contributed by atoms with Crippen LogP contribution in [0.5, 0.6) is 0 Å². The van der Waals surface area contributed by atoms with Gasteiger partial charge < -0.3 is 15.1 Å². The Kier molecular flexibility index (Phi) is 7.38. The zero-order valence-electron chi connectivity index (χ0n) is 16.2. The minimum absolute atomic E-state index is 0.0962. The van der Waals surface area contributed by atoms with Gasteiger partial charge in [-0.25, -0.2) is 9.97 Å². The van der Waals surface area contributed by atoms with Crippen molar-refractivity contribution in [3.05, 3.63) is 42.4 Å². The highest BCUT2D eigenvalue weighted by Crippen LogP contribution is 2.20. The van der Waals surface area contributed by atoms with E-state index < -0.39 is 0 Å². The minimum Gasteiger partial charge on any atom is -0.372 e. The number of aromatic nitrogens is 2. The Bertz CT molecular complexity index is 680. The van der Waals surface area contributed by atoms with E-state index in [1.165, 1.54) is 11.9 Å². The highest BCUT2D eigenvalue weighted by atomic mass is 16.2. The van der Waals surface area contributed by atoms with Crippen LogP contribution in [0.15, 0.2) is 36.7 Å².